The van der Waals surface area contributed by atoms with Crippen molar-refractivity contribution < 1.29 is 22.7 Å². The second-order valence-electron chi connectivity index (χ2n) is 6.72. The average molecular weight is 376 g/mol. The van der Waals surface area contributed by atoms with Crippen LogP contribution in [0, 0.1) is 11.6 Å². The van der Waals surface area contributed by atoms with E-state index in [0.29, 0.717) is 24.0 Å². The molecule has 27 heavy (non-hydrogen) atoms. The fourth-order valence-corrected chi connectivity index (χ4v) is 3.06. The van der Waals surface area contributed by atoms with Crippen molar-refractivity contribution in [3.05, 3.63) is 35.9 Å². The highest BCUT2D eigenvalue weighted by Crippen LogP contribution is 2.37. The van der Waals surface area contributed by atoms with Gasteiger partial charge in [-0.2, -0.15) is 8.78 Å². The summed E-state index contributed by atoms with van der Waals surface area (Å²) in [7, 11) is 0. The van der Waals surface area contributed by atoms with Gasteiger partial charge in [-0.3, -0.25) is 0 Å². The van der Waals surface area contributed by atoms with Gasteiger partial charge in [-0.15, -0.1) is 0 Å². The molecule has 0 N–H and O–H groups in total. The van der Waals surface area contributed by atoms with Crippen LogP contribution < -0.4 is 9.47 Å². The van der Waals surface area contributed by atoms with E-state index < -0.39 is 11.6 Å². The quantitative estimate of drug-likeness (QED) is 0.357. The summed E-state index contributed by atoms with van der Waals surface area (Å²) in [4.78, 5) is 0. The lowest BCUT2D eigenvalue weighted by Crippen LogP contribution is -1.99. The smallest absolute Gasteiger partial charge is 0.208 e. The summed E-state index contributed by atoms with van der Waals surface area (Å²) in [6.45, 7) is 5.06. The third-order valence-corrected chi connectivity index (χ3v) is 4.63. The van der Waals surface area contributed by atoms with Crippen molar-refractivity contribution in [1.29, 1.82) is 0 Å². The van der Waals surface area contributed by atoms with Gasteiger partial charge in [0.1, 0.15) is 0 Å². The van der Waals surface area contributed by atoms with E-state index in [1.165, 1.54) is 0 Å². The van der Waals surface area contributed by atoms with Crippen molar-refractivity contribution in [2.75, 3.05) is 13.2 Å². The first kappa shape index (κ1) is 19.5. The minimum Gasteiger partial charge on any atom is -0.490 e. The van der Waals surface area contributed by atoms with Crippen LogP contribution in [0.1, 0.15) is 52.4 Å². The first-order valence-corrected chi connectivity index (χ1v) is 9.76. The summed E-state index contributed by atoms with van der Waals surface area (Å²) in [5, 5.41) is 1.05. The largest absolute Gasteiger partial charge is 0.490 e. The Morgan fingerprint density at radius 1 is 0.704 bits per heavy atom. The van der Waals surface area contributed by atoms with E-state index in [9.17, 15) is 8.78 Å². The van der Waals surface area contributed by atoms with Gasteiger partial charge in [-0.05, 0) is 37.1 Å². The molecule has 0 saturated carbocycles. The zero-order valence-corrected chi connectivity index (χ0v) is 15.9. The minimum atomic E-state index is -0.596. The molecule has 3 rings (SSSR count). The summed E-state index contributed by atoms with van der Waals surface area (Å²) < 4.78 is 46.1. The molecule has 0 aliphatic heterocycles. The van der Waals surface area contributed by atoms with Crippen LogP contribution in [0.5, 0.6) is 11.5 Å². The Morgan fingerprint density at radius 3 is 1.74 bits per heavy atom. The molecule has 146 valence electrons. The number of furan rings is 1. The molecule has 0 atom stereocenters. The molecule has 0 aliphatic rings. The monoisotopic (exact) mass is 376 g/mol. The number of unbranched alkanes of at least 4 members (excludes halogenated alkanes) is 4. The molecule has 3 aromatic rings. The maximum Gasteiger partial charge on any atom is 0.208 e. The lowest BCUT2D eigenvalue weighted by Gasteiger charge is -2.07. The zero-order valence-electron chi connectivity index (χ0n) is 15.9. The van der Waals surface area contributed by atoms with Gasteiger partial charge in [-0.25, -0.2) is 0 Å². The van der Waals surface area contributed by atoms with Crippen molar-refractivity contribution in [2.24, 2.45) is 0 Å². The van der Waals surface area contributed by atoms with Crippen LogP contribution in [0.3, 0.4) is 0 Å². The zero-order chi connectivity index (χ0) is 19.2. The summed E-state index contributed by atoms with van der Waals surface area (Å²) in [6, 6.07) is 6.56. The second-order valence-corrected chi connectivity index (χ2v) is 6.72. The van der Waals surface area contributed by atoms with Gasteiger partial charge < -0.3 is 13.9 Å². The summed E-state index contributed by atoms with van der Waals surface area (Å²) in [5.41, 5.74) is 0.0265. The Labute approximate surface area is 158 Å². The average Bonchev–Trinajstić information content (AvgIpc) is 3.06. The van der Waals surface area contributed by atoms with Gasteiger partial charge in [0.05, 0.1) is 13.2 Å². The van der Waals surface area contributed by atoms with Crippen LogP contribution >= 0.6 is 0 Å². The first-order valence-electron chi connectivity index (χ1n) is 9.76. The molecule has 5 heteroatoms. The summed E-state index contributed by atoms with van der Waals surface area (Å²) >= 11 is 0. The van der Waals surface area contributed by atoms with Gasteiger partial charge in [-0.1, -0.05) is 39.5 Å². The van der Waals surface area contributed by atoms with Crippen molar-refractivity contribution >= 4 is 21.9 Å². The molecular weight excluding hydrogens is 350 g/mol. The molecule has 0 fully saturated rings. The number of rotatable bonds is 10. The standard InChI is InChI=1S/C22H26F2O3/c1-3-5-7-8-14-26-18-12-10-16-15-9-11-17(25-13-6-4-2)19(23)21(15)27-22(16)20(18)24/h9-12H,3-8,13-14H2,1-2H3. The van der Waals surface area contributed by atoms with Crippen LogP contribution in [-0.4, -0.2) is 13.2 Å². The lowest BCUT2D eigenvalue weighted by molar-refractivity contribution is 0.290. The van der Waals surface area contributed by atoms with Gasteiger partial charge in [0, 0.05) is 10.8 Å². The molecule has 3 nitrogen and oxygen atoms in total. The fraction of sp³-hybridized carbons (Fsp3) is 0.455. The number of hydrogen-bond acceptors (Lipinski definition) is 3. The second kappa shape index (κ2) is 9.07. The minimum absolute atomic E-state index is 0.0120. The number of benzene rings is 2. The Morgan fingerprint density at radius 2 is 1.22 bits per heavy atom. The molecule has 1 aromatic heterocycles. The third-order valence-electron chi connectivity index (χ3n) is 4.63. The molecule has 0 aliphatic carbocycles. The predicted molar refractivity (Wildman–Crippen MR) is 104 cm³/mol. The highest BCUT2D eigenvalue weighted by atomic mass is 19.1. The lowest BCUT2D eigenvalue weighted by atomic mass is 10.1. The topological polar surface area (TPSA) is 31.6 Å². The van der Waals surface area contributed by atoms with Crippen LogP contribution in [-0.2, 0) is 0 Å². The summed E-state index contributed by atoms with van der Waals surface area (Å²) in [5.74, 6) is -0.922. The van der Waals surface area contributed by atoms with E-state index in [4.69, 9.17) is 13.9 Å². The molecule has 1 heterocycles. The molecule has 0 spiro atoms. The molecular formula is C22H26F2O3. The maximum atomic E-state index is 14.8. The molecule has 0 radical (unpaired) electrons. The van der Waals surface area contributed by atoms with Gasteiger partial charge >= 0.3 is 0 Å². The highest BCUT2D eigenvalue weighted by molar-refractivity contribution is 6.06. The predicted octanol–water partition coefficient (Wildman–Crippen LogP) is 7.00. The Balaban J connectivity index is 1.86. The Hall–Kier alpha value is -2.30. The van der Waals surface area contributed by atoms with E-state index in [1.54, 1.807) is 24.3 Å². The van der Waals surface area contributed by atoms with E-state index in [2.05, 4.69) is 6.92 Å². The number of fused-ring (bicyclic) bond motifs is 3. The highest BCUT2D eigenvalue weighted by Gasteiger charge is 2.20. The first-order chi connectivity index (χ1) is 13.2. The Kier molecular flexibility index (Phi) is 6.54. The number of halogens is 2. The van der Waals surface area contributed by atoms with Gasteiger partial charge in [0.15, 0.2) is 22.7 Å². The SMILES string of the molecule is CCCCCCOc1ccc2c(oc3c(F)c(OCCCC)ccc32)c1F. The third kappa shape index (κ3) is 4.18. The van der Waals surface area contributed by atoms with Gasteiger partial charge in [0.2, 0.25) is 11.6 Å². The maximum absolute atomic E-state index is 14.8. The normalized spacial score (nSPS) is 11.4. The van der Waals surface area contributed by atoms with E-state index >= 15 is 0 Å². The van der Waals surface area contributed by atoms with E-state index in [-0.39, 0.29) is 22.7 Å². The van der Waals surface area contributed by atoms with Crippen molar-refractivity contribution in [3.63, 3.8) is 0 Å². The Bertz CT molecular complexity index is 902. The van der Waals surface area contributed by atoms with Crippen LogP contribution in [0.15, 0.2) is 28.7 Å². The van der Waals surface area contributed by atoms with Crippen LogP contribution in [0.2, 0.25) is 0 Å². The fourth-order valence-electron chi connectivity index (χ4n) is 3.06. The summed E-state index contributed by atoms with van der Waals surface area (Å²) in [6.07, 6.45) is 5.99. The number of hydrogen-bond donors (Lipinski definition) is 0. The van der Waals surface area contributed by atoms with Gasteiger partial charge in [0.25, 0.3) is 0 Å². The molecule has 2 aromatic carbocycles. The van der Waals surface area contributed by atoms with Crippen LogP contribution in [0.4, 0.5) is 8.78 Å². The van der Waals surface area contributed by atoms with Crippen LogP contribution in [0.25, 0.3) is 21.9 Å². The van der Waals surface area contributed by atoms with Crippen molar-refractivity contribution in [1.82, 2.24) is 0 Å². The van der Waals surface area contributed by atoms with E-state index in [0.717, 1.165) is 38.5 Å². The van der Waals surface area contributed by atoms with E-state index in [1.807, 2.05) is 6.92 Å². The number of ether oxygens (including phenoxy) is 2. The van der Waals surface area contributed by atoms with Crippen molar-refractivity contribution in [3.8, 4) is 11.5 Å². The molecule has 0 bridgehead atoms. The molecule has 0 amide bonds. The van der Waals surface area contributed by atoms with Crippen molar-refractivity contribution in [2.45, 2.75) is 52.4 Å². The molecule has 0 unspecified atom stereocenters. The molecule has 0 saturated heterocycles.